The van der Waals surface area contributed by atoms with Gasteiger partial charge in [-0.15, -0.1) is 0 Å². The van der Waals surface area contributed by atoms with Crippen molar-refractivity contribution in [3.8, 4) is 5.75 Å². The molecule has 0 aromatic heterocycles. The third-order valence-corrected chi connectivity index (χ3v) is 3.73. The monoisotopic (exact) mass is 289 g/mol. The number of halogens is 2. The molecule has 0 spiro atoms. The predicted octanol–water partition coefficient (Wildman–Crippen LogP) is 3.60. The van der Waals surface area contributed by atoms with Crippen LogP contribution < -0.4 is 10.1 Å². The maximum atomic E-state index is 13.5. The summed E-state index contributed by atoms with van der Waals surface area (Å²) in [6, 6.07) is 9.89. The van der Waals surface area contributed by atoms with Gasteiger partial charge in [0.25, 0.3) is 0 Å². The van der Waals surface area contributed by atoms with Crippen LogP contribution in [0.5, 0.6) is 5.75 Å². The molecule has 0 saturated carbocycles. The number of benzene rings is 2. The first kappa shape index (κ1) is 14.0. The van der Waals surface area contributed by atoms with Gasteiger partial charge in [-0.2, -0.15) is 0 Å². The lowest BCUT2D eigenvalue weighted by Gasteiger charge is -2.20. The standard InChI is InChI=1S/C17H17F2NO/c1-2-20-17(13-3-5-14(18)15(19)10-13)12-4-6-16-11(9-12)7-8-21-16/h3-6,9-10,17,20H,2,7-8H2,1H3. The summed E-state index contributed by atoms with van der Waals surface area (Å²) in [7, 11) is 0. The summed E-state index contributed by atoms with van der Waals surface area (Å²) in [6.07, 6.45) is 0.889. The molecule has 4 heteroatoms. The van der Waals surface area contributed by atoms with E-state index in [-0.39, 0.29) is 6.04 Å². The minimum Gasteiger partial charge on any atom is -0.493 e. The van der Waals surface area contributed by atoms with Crippen LogP contribution in [0.4, 0.5) is 8.78 Å². The number of hydrogen-bond donors (Lipinski definition) is 1. The molecule has 1 N–H and O–H groups in total. The molecule has 1 aliphatic heterocycles. The Hall–Kier alpha value is -1.94. The van der Waals surface area contributed by atoms with E-state index in [4.69, 9.17) is 4.74 Å². The molecule has 2 aromatic carbocycles. The summed E-state index contributed by atoms with van der Waals surface area (Å²) in [6.45, 7) is 3.43. The Morgan fingerprint density at radius 2 is 1.86 bits per heavy atom. The van der Waals surface area contributed by atoms with E-state index in [0.29, 0.717) is 6.61 Å². The third-order valence-electron chi connectivity index (χ3n) is 3.73. The molecule has 1 heterocycles. The Bertz CT molecular complexity index is 657. The van der Waals surface area contributed by atoms with Crippen LogP contribution in [0.25, 0.3) is 0 Å². The molecular weight excluding hydrogens is 272 g/mol. The van der Waals surface area contributed by atoms with Crippen LogP contribution in [0.3, 0.4) is 0 Å². The largest absolute Gasteiger partial charge is 0.493 e. The van der Waals surface area contributed by atoms with Crippen LogP contribution in [0.2, 0.25) is 0 Å². The summed E-state index contributed by atoms with van der Waals surface area (Å²) in [5, 5.41) is 3.32. The van der Waals surface area contributed by atoms with Crippen molar-refractivity contribution < 1.29 is 13.5 Å². The number of fused-ring (bicyclic) bond motifs is 1. The van der Waals surface area contributed by atoms with Gasteiger partial charge in [0.05, 0.1) is 12.6 Å². The van der Waals surface area contributed by atoms with Gasteiger partial charge in [0.2, 0.25) is 0 Å². The Morgan fingerprint density at radius 1 is 1.10 bits per heavy atom. The van der Waals surface area contributed by atoms with E-state index in [9.17, 15) is 8.78 Å². The lowest BCUT2D eigenvalue weighted by atomic mass is 9.96. The second kappa shape index (κ2) is 5.82. The predicted molar refractivity (Wildman–Crippen MR) is 77.5 cm³/mol. The van der Waals surface area contributed by atoms with Crippen LogP contribution in [-0.4, -0.2) is 13.2 Å². The van der Waals surface area contributed by atoms with E-state index in [1.54, 1.807) is 6.07 Å². The zero-order chi connectivity index (χ0) is 14.8. The SMILES string of the molecule is CCNC(c1ccc(F)c(F)c1)c1ccc2c(c1)CCO2. The Kier molecular flexibility index (Phi) is 3.88. The Balaban J connectivity index is 1.99. The molecule has 2 aromatic rings. The lowest BCUT2D eigenvalue weighted by Crippen LogP contribution is -2.22. The molecular formula is C17H17F2NO. The van der Waals surface area contributed by atoms with E-state index >= 15 is 0 Å². The van der Waals surface area contributed by atoms with E-state index < -0.39 is 11.6 Å². The van der Waals surface area contributed by atoms with Crippen LogP contribution in [0.1, 0.15) is 29.7 Å². The van der Waals surface area contributed by atoms with E-state index in [1.807, 2.05) is 19.1 Å². The topological polar surface area (TPSA) is 21.3 Å². The maximum absolute atomic E-state index is 13.5. The average molecular weight is 289 g/mol. The summed E-state index contributed by atoms with van der Waals surface area (Å²) in [4.78, 5) is 0. The van der Waals surface area contributed by atoms with Gasteiger partial charge in [-0.1, -0.05) is 25.1 Å². The average Bonchev–Trinajstić information content (AvgIpc) is 2.95. The highest BCUT2D eigenvalue weighted by molar-refractivity contribution is 5.43. The molecule has 21 heavy (non-hydrogen) atoms. The number of hydrogen-bond acceptors (Lipinski definition) is 2. The van der Waals surface area contributed by atoms with E-state index in [0.717, 1.165) is 35.4 Å². The quantitative estimate of drug-likeness (QED) is 0.928. The Morgan fingerprint density at radius 3 is 2.62 bits per heavy atom. The van der Waals surface area contributed by atoms with Gasteiger partial charge in [-0.3, -0.25) is 0 Å². The fourth-order valence-electron chi connectivity index (χ4n) is 2.71. The summed E-state index contributed by atoms with van der Waals surface area (Å²) >= 11 is 0. The molecule has 0 bridgehead atoms. The number of rotatable bonds is 4. The van der Waals surface area contributed by atoms with Crippen LogP contribution in [-0.2, 0) is 6.42 Å². The van der Waals surface area contributed by atoms with Gasteiger partial charge in [-0.05, 0) is 41.4 Å². The first-order chi connectivity index (χ1) is 10.2. The zero-order valence-electron chi connectivity index (χ0n) is 11.8. The van der Waals surface area contributed by atoms with E-state index in [1.165, 1.54) is 12.1 Å². The van der Waals surface area contributed by atoms with Crippen molar-refractivity contribution in [2.24, 2.45) is 0 Å². The molecule has 0 amide bonds. The molecule has 1 atom stereocenters. The highest BCUT2D eigenvalue weighted by atomic mass is 19.2. The highest BCUT2D eigenvalue weighted by Crippen LogP contribution is 2.31. The second-order valence-corrected chi connectivity index (χ2v) is 5.13. The molecule has 1 aliphatic rings. The fourth-order valence-corrected chi connectivity index (χ4v) is 2.71. The minimum atomic E-state index is -0.823. The molecule has 2 nitrogen and oxygen atoms in total. The highest BCUT2D eigenvalue weighted by Gasteiger charge is 2.19. The fraction of sp³-hybridized carbons (Fsp3) is 0.294. The zero-order valence-corrected chi connectivity index (χ0v) is 11.8. The van der Waals surface area contributed by atoms with Crippen molar-refractivity contribution in [2.75, 3.05) is 13.2 Å². The Labute approximate surface area is 122 Å². The molecule has 1 unspecified atom stereocenters. The lowest BCUT2D eigenvalue weighted by molar-refractivity contribution is 0.357. The van der Waals surface area contributed by atoms with Gasteiger partial charge >= 0.3 is 0 Å². The third kappa shape index (κ3) is 2.76. The van der Waals surface area contributed by atoms with Crippen molar-refractivity contribution in [1.82, 2.24) is 5.32 Å². The second-order valence-electron chi connectivity index (χ2n) is 5.13. The first-order valence-electron chi connectivity index (χ1n) is 7.13. The number of nitrogens with one attached hydrogen (secondary N) is 1. The van der Waals surface area contributed by atoms with Crippen molar-refractivity contribution in [1.29, 1.82) is 0 Å². The normalized spacial score (nSPS) is 14.6. The smallest absolute Gasteiger partial charge is 0.159 e. The van der Waals surface area contributed by atoms with Gasteiger partial charge < -0.3 is 10.1 Å². The molecule has 110 valence electrons. The minimum absolute atomic E-state index is 0.156. The van der Waals surface area contributed by atoms with Crippen molar-refractivity contribution in [2.45, 2.75) is 19.4 Å². The number of ether oxygens (including phenoxy) is 1. The van der Waals surface area contributed by atoms with Crippen LogP contribution in [0, 0.1) is 11.6 Å². The molecule has 0 radical (unpaired) electrons. The summed E-state index contributed by atoms with van der Waals surface area (Å²) in [5.41, 5.74) is 2.92. The van der Waals surface area contributed by atoms with Gasteiger partial charge in [0, 0.05) is 6.42 Å². The van der Waals surface area contributed by atoms with Crippen LogP contribution >= 0.6 is 0 Å². The summed E-state index contributed by atoms with van der Waals surface area (Å²) in [5.74, 6) is -0.726. The molecule has 0 saturated heterocycles. The van der Waals surface area contributed by atoms with Gasteiger partial charge in [-0.25, -0.2) is 8.78 Å². The maximum Gasteiger partial charge on any atom is 0.159 e. The van der Waals surface area contributed by atoms with Crippen molar-refractivity contribution in [3.63, 3.8) is 0 Å². The first-order valence-corrected chi connectivity index (χ1v) is 7.13. The summed E-state index contributed by atoms with van der Waals surface area (Å²) < 4.78 is 32.1. The molecule has 0 aliphatic carbocycles. The molecule has 0 fully saturated rings. The van der Waals surface area contributed by atoms with Crippen LogP contribution in [0.15, 0.2) is 36.4 Å². The molecule has 3 rings (SSSR count). The van der Waals surface area contributed by atoms with Gasteiger partial charge in [0.1, 0.15) is 5.75 Å². The van der Waals surface area contributed by atoms with Crippen molar-refractivity contribution >= 4 is 0 Å². The van der Waals surface area contributed by atoms with E-state index in [2.05, 4.69) is 11.4 Å². The van der Waals surface area contributed by atoms with Crippen molar-refractivity contribution in [3.05, 3.63) is 64.7 Å². The van der Waals surface area contributed by atoms with Gasteiger partial charge in [0.15, 0.2) is 11.6 Å².